The van der Waals surface area contributed by atoms with Gasteiger partial charge < -0.3 is 15.4 Å². The molecule has 1 fully saturated rings. The summed E-state index contributed by atoms with van der Waals surface area (Å²) in [5.41, 5.74) is 2.07. The summed E-state index contributed by atoms with van der Waals surface area (Å²) in [6, 6.07) is 9.95. The van der Waals surface area contributed by atoms with Gasteiger partial charge in [-0.15, -0.1) is 0 Å². The second-order valence-electron chi connectivity index (χ2n) is 5.16. The van der Waals surface area contributed by atoms with Crippen molar-refractivity contribution in [3.63, 3.8) is 0 Å². The lowest BCUT2D eigenvalue weighted by atomic mass is 10.2. The molecule has 2 N–H and O–H groups in total. The van der Waals surface area contributed by atoms with Gasteiger partial charge in [0.05, 0.1) is 13.2 Å². The van der Waals surface area contributed by atoms with Gasteiger partial charge in [0.2, 0.25) is 5.95 Å². The molecule has 1 aliphatic heterocycles. The third-order valence-electron chi connectivity index (χ3n) is 3.55. The number of nitrogens with one attached hydrogen (secondary N) is 2. The molecule has 0 spiro atoms. The third kappa shape index (κ3) is 4.41. The van der Waals surface area contributed by atoms with Crippen molar-refractivity contribution in [1.82, 2.24) is 14.9 Å². The Morgan fingerprint density at radius 2 is 1.82 bits per heavy atom. The van der Waals surface area contributed by atoms with Gasteiger partial charge in [-0.25, -0.2) is 9.97 Å². The zero-order chi connectivity index (χ0) is 15.0. The molecule has 0 aliphatic carbocycles. The predicted octanol–water partition coefficient (Wildman–Crippen LogP) is 1.96. The van der Waals surface area contributed by atoms with Gasteiger partial charge in [-0.3, -0.25) is 4.90 Å². The van der Waals surface area contributed by atoms with Crippen LogP contribution in [0.4, 0.5) is 17.3 Å². The third-order valence-corrected chi connectivity index (χ3v) is 3.55. The lowest BCUT2D eigenvalue weighted by molar-refractivity contribution is 0.0398. The minimum atomic E-state index is 0.605. The Hall–Kier alpha value is -2.18. The van der Waals surface area contributed by atoms with Gasteiger partial charge in [0.1, 0.15) is 0 Å². The molecule has 2 heterocycles. The maximum atomic E-state index is 5.35. The van der Waals surface area contributed by atoms with E-state index in [0.717, 1.165) is 50.8 Å². The van der Waals surface area contributed by atoms with Gasteiger partial charge in [-0.2, -0.15) is 0 Å². The van der Waals surface area contributed by atoms with Crippen LogP contribution in [0.15, 0.2) is 42.7 Å². The lowest BCUT2D eigenvalue weighted by Crippen LogP contribution is -2.38. The van der Waals surface area contributed by atoms with Crippen LogP contribution in [-0.2, 0) is 4.74 Å². The highest BCUT2D eigenvalue weighted by Crippen LogP contribution is 2.17. The normalized spacial score (nSPS) is 15.5. The lowest BCUT2D eigenvalue weighted by Gasteiger charge is -2.26. The van der Waals surface area contributed by atoms with E-state index < -0.39 is 0 Å². The molecular weight excluding hydrogens is 278 g/mol. The molecule has 116 valence electrons. The van der Waals surface area contributed by atoms with Crippen molar-refractivity contribution in [2.24, 2.45) is 0 Å². The van der Waals surface area contributed by atoms with Crippen LogP contribution in [0, 0.1) is 0 Å². The Morgan fingerprint density at radius 3 is 2.64 bits per heavy atom. The first kappa shape index (κ1) is 14.7. The molecule has 6 heteroatoms. The van der Waals surface area contributed by atoms with Crippen LogP contribution < -0.4 is 10.6 Å². The molecule has 0 amide bonds. The smallest absolute Gasteiger partial charge is 0.227 e. The first-order valence-electron chi connectivity index (χ1n) is 7.58. The zero-order valence-corrected chi connectivity index (χ0v) is 12.5. The van der Waals surface area contributed by atoms with E-state index >= 15 is 0 Å². The fraction of sp³-hybridized carbons (Fsp3) is 0.375. The topological polar surface area (TPSA) is 62.3 Å². The van der Waals surface area contributed by atoms with Crippen LogP contribution in [0.25, 0.3) is 0 Å². The van der Waals surface area contributed by atoms with Crippen molar-refractivity contribution in [3.8, 4) is 0 Å². The molecule has 3 rings (SSSR count). The molecule has 0 saturated carbocycles. The van der Waals surface area contributed by atoms with Gasteiger partial charge in [0.15, 0.2) is 0 Å². The Balaban J connectivity index is 1.50. The summed E-state index contributed by atoms with van der Waals surface area (Å²) < 4.78 is 5.35. The molecule has 1 saturated heterocycles. The van der Waals surface area contributed by atoms with Crippen molar-refractivity contribution >= 4 is 17.3 Å². The predicted molar refractivity (Wildman–Crippen MR) is 87.5 cm³/mol. The molecule has 1 aromatic heterocycles. The van der Waals surface area contributed by atoms with Crippen molar-refractivity contribution in [3.05, 3.63) is 42.7 Å². The van der Waals surface area contributed by atoms with Crippen molar-refractivity contribution in [2.75, 3.05) is 50.0 Å². The summed E-state index contributed by atoms with van der Waals surface area (Å²) in [7, 11) is 0. The van der Waals surface area contributed by atoms with Crippen LogP contribution in [0.3, 0.4) is 0 Å². The van der Waals surface area contributed by atoms with Gasteiger partial charge in [0, 0.05) is 49.9 Å². The molecule has 0 bridgehead atoms. The fourth-order valence-electron chi connectivity index (χ4n) is 2.38. The highest BCUT2D eigenvalue weighted by Gasteiger charge is 2.09. The van der Waals surface area contributed by atoms with Crippen molar-refractivity contribution in [1.29, 1.82) is 0 Å². The SMILES string of the molecule is c1cnc(Nc2cccc(NCCN3CCOCC3)c2)nc1. The second kappa shape index (κ2) is 7.72. The number of ether oxygens (including phenoxy) is 1. The van der Waals surface area contributed by atoms with E-state index in [9.17, 15) is 0 Å². The van der Waals surface area contributed by atoms with Crippen LogP contribution in [0.1, 0.15) is 0 Å². The summed E-state index contributed by atoms with van der Waals surface area (Å²) in [6.07, 6.45) is 3.44. The summed E-state index contributed by atoms with van der Waals surface area (Å²) >= 11 is 0. The first-order chi connectivity index (χ1) is 10.9. The molecule has 0 radical (unpaired) electrons. The number of anilines is 3. The molecule has 1 aromatic carbocycles. The number of benzene rings is 1. The number of nitrogens with zero attached hydrogens (tertiary/aromatic N) is 3. The molecule has 0 unspecified atom stereocenters. The second-order valence-corrected chi connectivity index (χ2v) is 5.16. The summed E-state index contributed by atoms with van der Waals surface area (Å²) in [4.78, 5) is 10.7. The van der Waals surface area contributed by atoms with Crippen LogP contribution in [0.5, 0.6) is 0 Å². The fourth-order valence-corrected chi connectivity index (χ4v) is 2.38. The number of aromatic nitrogens is 2. The number of hydrogen-bond acceptors (Lipinski definition) is 6. The van der Waals surface area contributed by atoms with E-state index in [-0.39, 0.29) is 0 Å². The van der Waals surface area contributed by atoms with Gasteiger partial charge in [-0.05, 0) is 24.3 Å². The molecule has 22 heavy (non-hydrogen) atoms. The van der Waals surface area contributed by atoms with Crippen molar-refractivity contribution in [2.45, 2.75) is 0 Å². The zero-order valence-electron chi connectivity index (χ0n) is 12.5. The average molecular weight is 299 g/mol. The Bertz CT molecular complexity index is 572. The summed E-state index contributed by atoms with van der Waals surface area (Å²) in [6.45, 7) is 5.68. The Morgan fingerprint density at radius 1 is 1.05 bits per heavy atom. The van der Waals surface area contributed by atoms with E-state index in [1.54, 1.807) is 18.5 Å². The molecule has 1 aliphatic rings. The molecule has 0 atom stereocenters. The highest BCUT2D eigenvalue weighted by atomic mass is 16.5. The Labute approximate surface area is 130 Å². The van der Waals surface area contributed by atoms with Gasteiger partial charge in [-0.1, -0.05) is 6.07 Å². The monoisotopic (exact) mass is 299 g/mol. The van der Waals surface area contributed by atoms with Crippen LogP contribution in [0.2, 0.25) is 0 Å². The van der Waals surface area contributed by atoms with Gasteiger partial charge in [0.25, 0.3) is 0 Å². The highest BCUT2D eigenvalue weighted by molar-refractivity contribution is 5.60. The van der Waals surface area contributed by atoms with E-state index in [1.807, 2.05) is 12.1 Å². The van der Waals surface area contributed by atoms with E-state index in [2.05, 4.69) is 37.6 Å². The molecule has 2 aromatic rings. The van der Waals surface area contributed by atoms with E-state index in [4.69, 9.17) is 4.74 Å². The van der Waals surface area contributed by atoms with Crippen LogP contribution >= 0.6 is 0 Å². The van der Waals surface area contributed by atoms with Crippen molar-refractivity contribution < 1.29 is 4.74 Å². The molecule has 6 nitrogen and oxygen atoms in total. The van der Waals surface area contributed by atoms with E-state index in [1.165, 1.54) is 0 Å². The minimum Gasteiger partial charge on any atom is -0.384 e. The standard InChI is InChI=1S/C16H21N5O/c1-3-14(17-7-8-21-9-11-22-12-10-21)13-15(4-1)20-16-18-5-2-6-19-16/h1-6,13,17H,7-12H2,(H,18,19,20). The van der Waals surface area contributed by atoms with Crippen LogP contribution in [-0.4, -0.2) is 54.3 Å². The number of hydrogen-bond donors (Lipinski definition) is 2. The van der Waals surface area contributed by atoms with Gasteiger partial charge >= 0.3 is 0 Å². The molecular formula is C16H21N5O. The minimum absolute atomic E-state index is 0.605. The Kier molecular flexibility index (Phi) is 5.18. The summed E-state index contributed by atoms with van der Waals surface area (Å²) in [5.74, 6) is 0.605. The number of morpholine rings is 1. The largest absolute Gasteiger partial charge is 0.384 e. The maximum absolute atomic E-state index is 5.35. The first-order valence-corrected chi connectivity index (χ1v) is 7.58. The van der Waals surface area contributed by atoms with E-state index in [0.29, 0.717) is 5.95 Å². The average Bonchev–Trinajstić information content (AvgIpc) is 2.57. The number of rotatable bonds is 6. The quantitative estimate of drug-likeness (QED) is 0.850. The summed E-state index contributed by atoms with van der Waals surface area (Å²) in [5, 5.41) is 6.65. The maximum Gasteiger partial charge on any atom is 0.227 e.